The molecule has 0 bridgehead atoms. The number of carbonyl (C=O) groups is 2. The van der Waals surface area contributed by atoms with E-state index in [1.807, 2.05) is 44.2 Å². The van der Waals surface area contributed by atoms with Crippen LogP contribution < -0.4 is 10.6 Å². The number of carbonyl (C=O) groups excluding carboxylic acids is 2. The summed E-state index contributed by atoms with van der Waals surface area (Å²) in [6.45, 7) is 4.09. The van der Waals surface area contributed by atoms with Crippen molar-refractivity contribution in [3.63, 3.8) is 0 Å². The van der Waals surface area contributed by atoms with Crippen molar-refractivity contribution >= 4 is 21.8 Å². The Morgan fingerprint density at radius 1 is 1.09 bits per heavy atom. The van der Waals surface area contributed by atoms with Crippen LogP contribution in [0, 0.1) is 5.92 Å². The summed E-state index contributed by atoms with van der Waals surface area (Å²) in [5.74, 6) is -0.436. The molecule has 0 spiro atoms. The van der Waals surface area contributed by atoms with E-state index in [9.17, 15) is 23.1 Å². The number of benzene rings is 1. The van der Waals surface area contributed by atoms with E-state index in [2.05, 4.69) is 10.6 Å². The van der Waals surface area contributed by atoms with Gasteiger partial charge >= 0.3 is 0 Å². The van der Waals surface area contributed by atoms with Crippen LogP contribution in [0.25, 0.3) is 0 Å². The van der Waals surface area contributed by atoms with E-state index >= 15 is 0 Å². The minimum absolute atomic E-state index is 0.129. The first-order valence-electron chi connectivity index (χ1n) is 10.8. The molecule has 1 rings (SSSR count). The summed E-state index contributed by atoms with van der Waals surface area (Å²) in [4.78, 5) is 25.9. The summed E-state index contributed by atoms with van der Waals surface area (Å²) in [5.41, 5.74) is 0.890. The zero-order chi connectivity index (χ0) is 24.3. The van der Waals surface area contributed by atoms with Gasteiger partial charge in [-0.15, -0.1) is 0 Å². The second kappa shape index (κ2) is 13.5. The monoisotopic (exact) mass is 470 g/mol. The molecule has 3 N–H and O–H groups in total. The highest BCUT2D eigenvalue weighted by atomic mass is 32.2. The Hall–Kier alpha value is -2.01. The van der Waals surface area contributed by atoms with Gasteiger partial charge < -0.3 is 20.6 Å². The van der Waals surface area contributed by atoms with Gasteiger partial charge in [0.25, 0.3) is 0 Å². The molecule has 0 aliphatic carbocycles. The van der Waals surface area contributed by atoms with Gasteiger partial charge in [-0.3, -0.25) is 9.59 Å². The van der Waals surface area contributed by atoms with Gasteiger partial charge in [-0.05, 0) is 38.4 Å². The molecule has 0 fully saturated rings. The van der Waals surface area contributed by atoms with Crippen molar-refractivity contribution in [1.29, 1.82) is 0 Å². The maximum Gasteiger partial charge on any atom is 0.239 e. The fraction of sp³-hybridized carbons (Fsp3) is 0.636. The Morgan fingerprint density at radius 3 is 2.25 bits per heavy atom. The molecule has 0 unspecified atom stereocenters. The number of hydrogen-bond donors (Lipinski definition) is 3. The number of hydrogen-bond acceptors (Lipinski definition) is 6. The maximum absolute atomic E-state index is 12.5. The molecule has 0 saturated carbocycles. The lowest BCUT2D eigenvalue weighted by molar-refractivity contribution is -0.127. The van der Waals surface area contributed by atoms with Crippen molar-refractivity contribution in [2.75, 3.05) is 46.5 Å². The van der Waals surface area contributed by atoms with E-state index in [-0.39, 0.29) is 25.5 Å². The Bertz CT molecular complexity index is 815. The molecule has 1 aromatic rings. The van der Waals surface area contributed by atoms with Gasteiger partial charge in [-0.2, -0.15) is 4.31 Å². The number of sulfonamides is 1. The average molecular weight is 471 g/mol. The molecule has 9 nitrogen and oxygen atoms in total. The fourth-order valence-corrected chi connectivity index (χ4v) is 3.92. The summed E-state index contributed by atoms with van der Waals surface area (Å²) in [6.07, 6.45) is 0.971. The number of nitrogens with one attached hydrogen (secondary N) is 2. The molecule has 182 valence electrons. The van der Waals surface area contributed by atoms with Gasteiger partial charge in [0.1, 0.15) is 0 Å². The van der Waals surface area contributed by atoms with Crippen LogP contribution in [0.3, 0.4) is 0 Å². The lowest BCUT2D eigenvalue weighted by Gasteiger charge is -2.29. The highest BCUT2D eigenvalue weighted by Crippen LogP contribution is 2.12. The topological polar surface area (TPSA) is 119 Å². The van der Waals surface area contributed by atoms with Crippen LogP contribution in [-0.4, -0.2) is 93.2 Å². The summed E-state index contributed by atoms with van der Waals surface area (Å²) >= 11 is 0. The van der Waals surface area contributed by atoms with Crippen LogP contribution >= 0.6 is 0 Å². The molecular formula is C22H38N4O5S. The van der Waals surface area contributed by atoms with Crippen LogP contribution in [0.2, 0.25) is 0 Å². The smallest absolute Gasteiger partial charge is 0.239 e. The highest BCUT2D eigenvalue weighted by Gasteiger charge is 2.27. The van der Waals surface area contributed by atoms with Crippen molar-refractivity contribution in [2.24, 2.45) is 5.92 Å². The molecule has 10 heteroatoms. The third kappa shape index (κ3) is 11.6. The van der Waals surface area contributed by atoms with Crippen LogP contribution in [0.15, 0.2) is 30.3 Å². The van der Waals surface area contributed by atoms with Crippen molar-refractivity contribution < 1.29 is 23.1 Å². The van der Waals surface area contributed by atoms with E-state index < -0.39 is 28.1 Å². The first-order chi connectivity index (χ1) is 14.9. The molecule has 1 aromatic carbocycles. The average Bonchev–Trinajstić information content (AvgIpc) is 2.68. The lowest BCUT2D eigenvalue weighted by atomic mass is 10.0. The predicted molar refractivity (Wildman–Crippen MR) is 126 cm³/mol. The number of aliphatic hydroxyl groups excluding tert-OH is 1. The Kier molecular flexibility index (Phi) is 11.8. The maximum atomic E-state index is 12.5. The van der Waals surface area contributed by atoms with Crippen LogP contribution in [-0.2, 0) is 26.0 Å². The zero-order valence-electron chi connectivity index (χ0n) is 19.7. The minimum Gasteiger partial charge on any atom is -0.390 e. The highest BCUT2D eigenvalue weighted by molar-refractivity contribution is 7.88. The van der Waals surface area contributed by atoms with Crippen LogP contribution in [0.4, 0.5) is 0 Å². The van der Waals surface area contributed by atoms with E-state index in [1.54, 1.807) is 19.0 Å². The molecule has 2 amide bonds. The zero-order valence-corrected chi connectivity index (χ0v) is 20.6. The van der Waals surface area contributed by atoms with Crippen molar-refractivity contribution in [3.05, 3.63) is 35.9 Å². The van der Waals surface area contributed by atoms with Crippen molar-refractivity contribution in [3.8, 4) is 0 Å². The third-order valence-electron chi connectivity index (χ3n) is 4.83. The van der Waals surface area contributed by atoms with Gasteiger partial charge in [0.15, 0.2) is 0 Å². The standard InChI is InChI=1S/C22H38N4O5S/c1-17(2)11-12-26(32(5,30)31)15-20(27)19(13-18-9-7-6-8-10-18)24-21(28)14-23-22(29)16-25(3)4/h6-10,17,19-20,27H,11-16H2,1-5H3,(H,23,29)(H,24,28)/t19-,20+/m0/s1. The third-order valence-corrected chi connectivity index (χ3v) is 6.10. The summed E-state index contributed by atoms with van der Waals surface area (Å²) in [5, 5.41) is 16.2. The minimum atomic E-state index is -3.52. The van der Waals surface area contributed by atoms with E-state index in [1.165, 1.54) is 4.31 Å². The molecule has 32 heavy (non-hydrogen) atoms. The van der Waals surface area contributed by atoms with E-state index in [0.29, 0.717) is 25.3 Å². The Balaban J connectivity index is 2.89. The van der Waals surface area contributed by atoms with Crippen LogP contribution in [0.1, 0.15) is 25.8 Å². The largest absolute Gasteiger partial charge is 0.390 e. The molecular weight excluding hydrogens is 432 g/mol. The van der Waals surface area contributed by atoms with Crippen molar-refractivity contribution in [2.45, 2.75) is 38.8 Å². The summed E-state index contributed by atoms with van der Waals surface area (Å²) in [7, 11) is -0.0271. The first kappa shape index (κ1) is 28.0. The molecule has 0 aromatic heterocycles. The van der Waals surface area contributed by atoms with Gasteiger partial charge in [-0.25, -0.2) is 8.42 Å². The van der Waals surface area contributed by atoms with Gasteiger partial charge in [0, 0.05) is 13.1 Å². The Labute approximate surface area is 192 Å². The number of amides is 2. The van der Waals surface area contributed by atoms with Crippen LogP contribution in [0.5, 0.6) is 0 Å². The number of nitrogens with zero attached hydrogens (tertiary/aromatic N) is 2. The second-order valence-electron chi connectivity index (χ2n) is 8.75. The van der Waals surface area contributed by atoms with Gasteiger partial charge in [-0.1, -0.05) is 44.2 Å². The second-order valence-corrected chi connectivity index (χ2v) is 10.7. The quantitative estimate of drug-likeness (QED) is 0.354. The molecule has 0 aliphatic heterocycles. The number of aliphatic hydroxyl groups is 1. The van der Waals surface area contributed by atoms with E-state index in [4.69, 9.17) is 0 Å². The number of rotatable bonds is 14. The summed E-state index contributed by atoms with van der Waals surface area (Å²) in [6, 6.07) is 8.60. The first-order valence-corrected chi connectivity index (χ1v) is 12.6. The number of likely N-dealkylation sites (N-methyl/N-ethyl adjacent to an activating group) is 1. The molecule has 2 atom stereocenters. The summed E-state index contributed by atoms with van der Waals surface area (Å²) < 4.78 is 25.7. The molecule has 0 aliphatic rings. The SMILES string of the molecule is CC(C)CCN(C[C@@H](O)[C@H](Cc1ccccc1)NC(=O)CNC(=O)CN(C)C)S(C)(=O)=O. The predicted octanol–water partition coefficient (Wildman–Crippen LogP) is 0.0603. The van der Waals surface area contributed by atoms with E-state index in [0.717, 1.165) is 11.8 Å². The van der Waals surface area contributed by atoms with Gasteiger partial charge in [0.2, 0.25) is 21.8 Å². The normalized spacial score (nSPS) is 13.9. The fourth-order valence-electron chi connectivity index (χ4n) is 3.06. The van der Waals surface area contributed by atoms with Crippen molar-refractivity contribution in [1.82, 2.24) is 19.8 Å². The molecule has 0 heterocycles. The molecule has 0 radical (unpaired) electrons. The lowest BCUT2D eigenvalue weighted by Crippen LogP contribution is -2.52. The Morgan fingerprint density at radius 2 is 1.72 bits per heavy atom. The molecule has 0 saturated heterocycles. The van der Waals surface area contributed by atoms with Gasteiger partial charge in [0.05, 0.1) is 31.5 Å².